The number of rotatable bonds is 7. The highest BCUT2D eigenvalue weighted by Crippen LogP contribution is 2.24. The number of hydrogen-bond donors (Lipinski definition) is 1. The van der Waals surface area contributed by atoms with E-state index in [2.05, 4.69) is 24.3 Å². The van der Waals surface area contributed by atoms with E-state index in [-0.39, 0.29) is 0 Å². The van der Waals surface area contributed by atoms with E-state index in [4.69, 9.17) is 11.6 Å². The Morgan fingerprint density at radius 3 is 2.78 bits per heavy atom. The molecule has 1 aliphatic rings. The standard InChI is InChI=1S/C14H24ClN3/c1-4-12-14(15)13(18(3)17-12)9-10(2)7-8-16-11-5-6-11/h10-11,16H,4-9H2,1-3H3. The highest BCUT2D eigenvalue weighted by atomic mass is 35.5. The lowest BCUT2D eigenvalue weighted by atomic mass is 10.0. The molecule has 0 aliphatic heterocycles. The molecule has 0 amide bonds. The average Bonchev–Trinajstić information content (AvgIpc) is 3.11. The van der Waals surface area contributed by atoms with Crippen LogP contribution in [0, 0.1) is 5.92 Å². The summed E-state index contributed by atoms with van der Waals surface area (Å²) in [6, 6.07) is 0.809. The summed E-state index contributed by atoms with van der Waals surface area (Å²) in [6.07, 6.45) is 5.86. The van der Waals surface area contributed by atoms with Gasteiger partial charge in [-0.05, 0) is 44.6 Å². The first-order valence-electron chi connectivity index (χ1n) is 7.05. The first kappa shape index (κ1) is 13.9. The van der Waals surface area contributed by atoms with Gasteiger partial charge >= 0.3 is 0 Å². The third-order valence-corrected chi connectivity index (χ3v) is 4.13. The molecule has 102 valence electrons. The molecule has 1 aromatic heterocycles. The fourth-order valence-corrected chi connectivity index (χ4v) is 2.67. The van der Waals surface area contributed by atoms with Crippen molar-refractivity contribution in [2.24, 2.45) is 13.0 Å². The highest BCUT2D eigenvalue weighted by molar-refractivity contribution is 6.31. The number of aryl methyl sites for hydroxylation is 2. The molecule has 1 fully saturated rings. The zero-order valence-corrected chi connectivity index (χ0v) is 12.4. The minimum Gasteiger partial charge on any atom is -0.314 e. The summed E-state index contributed by atoms with van der Waals surface area (Å²) < 4.78 is 1.95. The van der Waals surface area contributed by atoms with Crippen molar-refractivity contribution < 1.29 is 0 Å². The van der Waals surface area contributed by atoms with Gasteiger partial charge in [0.15, 0.2) is 0 Å². The summed E-state index contributed by atoms with van der Waals surface area (Å²) in [4.78, 5) is 0. The Morgan fingerprint density at radius 2 is 2.22 bits per heavy atom. The zero-order chi connectivity index (χ0) is 13.1. The Bertz CT molecular complexity index is 396. The third kappa shape index (κ3) is 3.48. The summed E-state index contributed by atoms with van der Waals surface area (Å²) in [7, 11) is 2.00. The van der Waals surface area contributed by atoms with Gasteiger partial charge in [-0.1, -0.05) is 25.4 Å². The molecule has 1 aromatic rings. The van der Waals surface area contributed by atoms with Gasteiger partial charge in [-0.3, -0.25) is 4.68 Å². The average molecular weight is 270 g/mol. The van der Waals surface area contributed by atoms with Crippen molar-refractivity contribution in [3.8, 4) is 0 Å². The fourth-order valence-electron chi connectivity index (χ4n) is 2.30. The van der Waals surface area contributed by atoms with Crippen LogP contribution in [0.3, 0.4) is 0 Å². The van der Waals surface area contributed by atoms with E-state index in [1.54, 1.807) is 0 Å². The largest absolute Gasteiger partial charge is 0.314 e. The summed E-state index contributed by atoms with van der Waals surface area (Å²) >= 11 is 6.37. The van der Waals surface area contributed by atoms with Crippen molar-refractivity contribution >= 4 is 11.6 Å². The number of hydrogen-bond acceptors (Lipinski definition) is 2. The van der Waals surface area contributed by atoms with Crippen molar-refractivity contribution in [3.63, 3.8) is 0 Å². The monoisotopic (exact) mass is 269 g/mol. The second-order valence-corrected chi connectivity index (χ2v) is 5.89. The Hall–Kier alpha value is -0.540. The lowest BCUT2D eigenvalue weighted by molar-refractivity contribution is 0.483. The van der Waals surface area contributed by atoms with Crippen LogP contribution in [0.15, 0.2) is 0 Å². The van der Waals surface area contributed by atoms with Crippen LogP contribution in [0.2, 0.25) is 5.02 Å². The van der Waals surface area contributed by atoms with Gasteiger partial charge in [0.05, 0.1) is 16.4 Å². The van der Waals surface area contributed by atoms with Crippen molar-refractivity contribution in [1.82, 2.24) is 15.1 Å². The van der Waals surface area contributed by atoms with Crippen molar-refractivity contribution in [3.05, 3.63) is 16.4 Å². The quantitative estimate of drug-likeness (QED) is 0.825. The van der Waals surface area contributed by atoms with E-state index in [9.17, 15) is 0 Å². The number of nitrogens with one attached hydrogen (secondary N) is 1. The molecule has 3 nitrogen and oxygen atoms in total. The van der Waals surface area contributed by atoms with E-state index >= 15 is 0 Å². The van der Waals surface area contributed by atoms with E-state index in [1.165, 1.54) is 25.0 Å². The molecular weight excluding hydrogens is 246 g/mol. The van der Waals surface area contributed by atoms with Gasteiger partial charge < -0.3 is 5.32 Å². The molecular formula is C14H24ClN3. The minimum atomic E-state index is 0.647. The highest BCUT2D eigenvalue weighted by Gasteiger charge is 2.20. The van der Waals surface area contributed by atoms with Gasteiger partial charge in [0.1, 0.15) is 0 Å². The summed E-state index contributed by atoms with van der Waals surface area (Å²) in [5.41, 5.74) is 2.21. The molecule has 18 heavy (non-hydrogen) atoms. The van der Waals surface area contributed by atoms with Crippen LogP contribution in [0.4, 0.5) is 0 Å². The first-order valence-corrected chi connectivity index (χ1v) is 7.43. The Labute approximate surface area is 115 Å². The molecule has 0 aromatic carbocycles. The molecule has 1 N–H and O–H groups in total. The summed E-state index contributed by atoms with van der Waals surface area (Å²) in [6.45, 7) is 5.52. The topological polar surface area (TPSA) is 29.9 Å². The van der Waals surface area contributed by atoms with E-state index < -0.39 is 0 Å². The van der Waals surface area contributed by atoms with E-state index in [0.717, 1.165) is 36.1 Å². The van der Waals surface area contributed by atoms with Crippen molar-refractivity contribution in [2.45, 2.75) is 52.0 Å². The number of nitrogens with zero attached hydrogens (tertiary/aromatic N) is 2. The molecule has 0 spiro atoms. The van der Waals surface area contributed by atoms with Crippen LogP contribution in [0.1, 0.15) is 44.5 Å². The Kier molecular flexibility index (Phi) is 4.68. The van der Waals surface area contributed by atoms with Crippen LogP contribution in [-0.2, 0) is 19.9 Å². The lowest BCUT2D eigenvalue weighted by Crippen LogP contribution is -2.20. The normalized spacial score (nSPS) is 17.1. The number of halogens is 1. The van der Waals surface area contributed by atoms with Gasteiger partial charge in [0, 0.05) is 13.1 Å². The summed E-state index contributed by atoms with van der Waals surface area (Å²) in [5, 5.41) is 8.91. The Balaban J connectivity index is 1.84. The lowest BCUT2D eigenvalue weighted by Gasteiger charge is -2.12. The maximum absolute atomic E-state index is 6.37. The third-order valence-electron chi connectivity index (χ3n) is 3.69. The summed E-state index contributed by atoms with van der Waals surface area (Å²) in [5.74, 6) is 0.647. The molecule has 2 rings (SSSR count). The Morgan fingerprint density at radius 1 is 1.50 bits per heavy atom. The van der Waals surface area contributed by atoms with Crippen LogP contribution in [0.5, 0.6) is 0 Å². The molecule has 4 heteroatoms. The molecule has 0 saturated heterocycles. The van der Waals surface area contributed by atoms with Gasteiger partial charge in [-0.25, -0.2) is 0 Å². The molecule has 1 saturated carbocycles. The molecule has 1 atom stereocenters. The van der Waals surface area contributed by atoms with Crippen LogP contribution < -0.4 is 5.32 Å². The zero-order valence-electron chi connectivity index (χ0n) is 11.7. The first-order chi connectivity index (χ1) is 8.61. The van der Waals surface area contributed by atoms with E-state index in [1.807, 2.05) is 11.7 Å². The van der Waals surface area contributed by atoms with E-state index in [0.29, 0.717) is 5.92 Å². The predicted octanol–water partition coefficient (Wildman–Crippen LogP) is 2.96. The second-order valence-electron chi connectivity index (χ2n) is 5.51. The predicted molar refractivity (Wildman–Crippen MR) is 76.1 cm³/mol. The van der Waals surface area contributed by atoms with Crippen molar-refractivity contribution in [1.29, 1.82) is 0 Å². The van der Waals surface area contributed by atoms with Gasteiger partial charge in [0.25, 0.3) is 0 Å². The maximum Gasteiger partial charge on any atom is 0.0849 e. The minimum absolute atomic E-state index is 0.647. The molecule has 1 unspecified atom stereocenters. The molecule has 0 radical (unpaired) electrons. The molecule has 1 heterocycles. The van der Waals surface area contributed by atoms with Crippen LogP contribution in [-0.4, -0.2) is 22.4 Å². The fraction of sp³-hybridized carbons (Fsp3) is 0.786. The van der Waals surface area contributed by atoms with Gasteiger partial charge in [-0.2, -0.15) is 5.10 Å². The van der Waals surface area contributed by atoms with Crippen molar-refractivity contribution in [2.75, 3.05) is 6.54 Å². The smallest absolute Gasteiger partial charge is 0.0849 e. The van der Waals surface area contributed by atoms with Gasteiger partial charge in [0.2, 0.25) is 0 Å². The van der Waals surface area contributed by atoms with Crippen LogP contribution in [0.25, 0.3) is 0 Å². The number of aromatic nitrogens is 2. The maximum atomic E-state index is 6.37. The SMILES string of the molecule is CCc1nn(C)c(CC(C)CCNC2CC2)c1Cl. The molecule has 0 bridgehead atoms. The molecule has 1 aliphatic carbocycles. The van der Waals surface area contributed by atoms with Crippen LogP contribution >= 0.6 is 11.6 Å². The second kappa shape index (κ2) is 6.07. The van der Waals surface area contributed by atoms with Gasteiger partial charge in [-0.15, -0.1) is 0 Å².